The lowest BCUT2D eigenvalue weighted by Crippen LogP contribution is -2.26. The summed E-state index contributed by atoms with van der Waals surface area (Å²) in [6, 6.07) is 6.77. The predicted octanol–water partition coefficient (Wildman–Crippen LogP) is 2.98. The highest BCUT2D eigenvalue weighted by Gasteiger charge is 2.16. The van der Waals surface area contributed by atoms with Gasteiger partial charge in [-0.05, 0) is 45.0 Å². The maximum absolute atomic E-state index is 12.3. The van der Waals surface area contributed by atoms with Crippen LogP contribution in [0.15, 0.2) is 28.7 Å². The lowest BCUT2D eigenvalue weighted by Gasteiger charge is -2.14. The van der Waals surface area contributed by atoms with E-state index >= 15 is 0 Å². The smallest absolute Gasteiger partial charge is 0.251 e. The molecule has 1 aromatic carbocycles. The minimum absolute atomic E-state index is 0.140. The molecule has 2 rings (SSSR count). The second-order valence-corrected chi connectivity index (χ2v) is 5.02. The second kappa shape index (κ2) is 5.91. The number of amides is 1. The number of carbonyl (C=O) groups is 1. The number of hydrogen-bond acceptors (Lipinski definition) is 4. The summed E-state index contributed by atoms with van der Waals surface area (Å²) in [6.07, 6.45) is 0. The standard InChI is InChI=1S/C16H20N2O3/c1-9-7-13(11(3)21-9)10(2)18-16(19)12-5-6-15(20-4)14(17)8-12/h5-8,10H,17H2,1-4H3,(H,18,19). The number of aryl methyl sites for hydroxylation is 2. The van der Waals surface area contributed by atoms with Crippen molar-refractivity contribution < 1.29 is 13.9 Å². The van der Waals surface area contributed by atoms with Crippen molar-refractivity contribution in [2.75, 3.05) is 12.8 Å². The van der Waals surface area contributed by atoms with E-state index in [9.17, 15) is 4.79 Å². The van der Waals surface area contributed by atoms with Crippen LogP contribution in [0.2, 0.25) is 0 Å². The number of benzene rings is 1. The zero-order valence-corrected chi connectivity index (χ0v) is 12.7. The molecule has 0 aliphatic rings. The van der Waals surface area contributed by atoms with E-state index in [1.165, 1.54) is 7.11 Å². The Morgan fingerprint density at radius 1 is 1.33 bits per heavy atom. The zero-order chi connectivity index (χ0) is 15.6. The third-order valence-electron chi connectivity index (χ3n) is 3.39. The lowest BCUT2D eigenvalue weighted by molar-refractivity contribution is 0.0939. The number of carbonyl (C=O) groups excluding carboxylic acids is 1. The number of nitrogens with two attached hydrogens (primary N) is 1. The average molecular weight is 288 g/mol. The highest BCUT2D eigenvalue weighted by atomic mass is 16.5. The maximum atomic E-state index is 12.3. The van der Waals surface area contributed by atoms with Gasteiger partial charge in [0.25, 0.3) is 5.91 Å². The minimum atomic E-state index is -0.185. The molecular weight excluding hydrogens is 268 g/mol. The Bertz CT molecular complexity index is 662. The van der Waals surface area contributed by atoms with Crippen LogP contribution in [-0.4, -0.2) is 13.0 Å². The van der Waals surface area contributed by atoms with E-state index in [2.05, 4.69) is 5.32 Å². The van der Waals surface area contributed by atoms with E-state index in [1.54, 1.807) is 18.2 Å². The van der Waals surface area contributed by atoms with E-state index < -0.39 is 0 Å². The first-order valence-corrected chi connectivity index (χ1v) is 6.73. The number of rotatable bonds is 4. The van der Waals surface area contributed by atoms with Crippen LogP contribution in [0.4, 0.5) is 5.69 Å². The maximum Gasteiger partial charge on any atom is 0.251 e. The lowest BCUT2D eigenvalue weighted by atomic mass is 10.1. The largest absolute Gasteiger partial charge is 0.495 e. The molecule has 0 spiro atoms. The number of nitrogens with one attached hydrogen (secondary N) is 1. The molecule has 0 saturated carbocycles. The monoisotopic (exact) mass is 288 g/mol. The van der Waals surface area contributed by atoms with Crippen molar-refractivity contribution in [3.05, 3.63) is 46.9 Å². The van der Waals surface area contributed by atoms with Gasteiger partial charge in [0.2, 0.25) is 0 Å². The number of nitrogen functional groups attached to an aromatic ring is 1. The fourth-order valence-corrected chi connectivity index (χ4v) is 2.31. The summed E-state index contributed by atoms with van der Waals surface area (Å²) in [5, 5.41) is 2.94. The molecule has 112 valence electrons. The van der Waals surface area contributed by atoms with Crippen LogP contribution in [0.3, 0.4) is 0 Å². The van der Waals surface area contributed by atoms with E-state index in [0.717, 1.165) is 17.1 Å². The van der Waals surface area contributed by atoms with E-state index in [1.807, 2.05) is 26.8 Å². The molecule has 21 heavy (non-hydrogen) atoms. The molecule has 1 heterocycles. The van der Waals surface area contributed by atoms with Crippen LogP contribution >= 0.6 is 0 Å². The third kappa shape index (κ3) is 3.18. The molecule has 0 saturated heterocycles. The van der Waals surface area contributed by atoms with Crippen LogP contribution in [0.5, 0.6) is 5.75 Å². The first kappa shape index (κ1) is 15.0. The van der Waals surface area contributed by atoms with Gasteiger partial charge in [0.15, 0.2) is 0 Å². The molecule has 0 aliphatic carbocycles. The quantitative estimate of drug-likeness (QED) is 0.848. The van der Waals surface area contributed by atoms with Gasteiger partial charge in [0.1, 0.15) is 17.3 Å². The Kier molecular flexibility index (Phi) is 4.21. The number of furan rings is 1. The molecule has 2 aromatic rings. The Hall–Kier alpha value is -2.43. The van der Waals surface area contributed by atoms with E-state index in [0.29, 0.717) is 17.0 Å². The summed E-state index contributed by atoms with van der Waals surface area (Å²) in [5.74, 6) is 2.02. The molecule has 0 bridgehead atoms. The molecule has 1 unspecified atom stereocenters. The van der Waals surface area contributed by atoms with Crippen molar-refractivity contribution in [3.63, 3.8) is 0 Å². The fraction of sp³-hybridized carbons (Fsp3) is 0.312. The normalized spacial score (nSPS) is 12.0. The highest BCUT2D eigenvalue weighted by molar-refractivity contribution is 5.95. The summed E-state index contributed by atoms with van der Waals surface area (Å²) in [4.78, 5) is 12.3. The molecular formula is C16H20N2O3. The Morgan fingerprint density at radius 3 is 2.57 bits per heavy atom. The minimum Gasteiger partial charge on any atom is -0.495 e. The topological polar surface area (TPSA) is 77.5 Å². The molecule has 0 fully saturated rings. The number of ether oxygens (including phenoxy) is 1. The van der Waals surface area contributed by atoms with Crippen LogP contribution in [0, 0.1) is 13.8 Å². The van der Waals surface area contributed by atoms with E-state index in [4.69, 9.17) is 14.9 Å². The summed E-state index contributed by atoms with van der Waals surface area (Å²) in [7, 11) is 1.54. The van der Waals surface area contributed by atoms with Crippen molar-refractivity contribution in [3.8, 4) is 5.75 Å². The van der Waals surface area contributed by atoms with Gasteiger partial charge in [-0.15, -0.1) is 0 Å². The molecule has 1 amide bonds. The summed E-state index contributed by atoms with van der Waals surface area (Å²) < 4.78 is 10.6. The van der Waals surface area contributed by atoms with Gasteiger partial charge in [0, 0.05) is 11.1 Å². The van der Waals surface area contributed by atoms with Gasteiger partial charge in [-0.1, -0.05) is 0 Å². The molecule has 5 nitrogen and oxygen atoms in total. The molecule has 3 N–H and O–H groups in total. The van der Waals surface area contributed by atoms with Crippen LogP contribution in [-0.2, 0) is 0 Å². The predicted molar refractivity (Wildman–Crippen MR) is 81.5 cm³/mol. The van der Waals surface area contributed by atoms with Gasteiger partial charge >= 0.3 is 0 Å². The van der Waals surface area contributed by atoms with Crippen LogP contribution in [0.1, 0.15) is 40.4 Å². The van der Waals surface area contributed by atoms with Gasteiger partial charge < -0.3 is 20.2 Å². The second-order valence-electron chi connectivity index (χ2n) is 5.02. The summed E-state index contributed by atoms with van der Waals surface area (Å²) in [6.45, 7) is 5.69. The van der Waals surface area contributed by atoms with Crippen LogP contribution < -0.4 is 15.8 Å². The third-order valence-corrected chi connectivity index (χ3v) is 3.39. The number of anilines is 1. The summed E-state index contributed by atoms with van der Waals surface area (Å²) >= 11 is 0. The van der Waals surface area contributed by atoms with Crippen molar-refractivity contribution in [1.82, 2.24) is 5.32 Å². The van der Waals surface area contributed by atoms with Crippen molar-refractivity contribution in [1.29, 1.82) is 0 Å². The van der Waals surface area contributed by atoms with Crippen molar-refractivity contribution >= 4 is 11.6 Å². The Labute approximate surface area is 124 Å². The molecule has 0 radical (unpaired) electrons. The zero-order valence-electron chi connectivity index (χ0n) is 12.7. The Morgan fingerprint density at radius 2 is 2.05 bits per heavy atom. The SMILES string of the molecule is COc1ccc(C(=O)NC(C)c2cc(C)oc2C)cc1N. The van der Waals surface area contributed by atoms with Crippen LogP contribution in [0.25, 0.3) is 0 Å². The van der Waals surface area contributed by atoms with E-state index in [-0.39, 0.29) is 11.9 Å². The molecule has 1 atom stereocenters. The average Bonchev–Trinajstić information content (AvgIpc) is 2.77. The Balaban J connectivity index is 2.14. The van der Waals surface area contributed by atoms with Crippen molar-refractivity contribution in [2.45, 2.75) is 26.8 Å². The highest BCUT2D eigenvalue weighted by Crippen LogP contribution is 2.24. The number of methoxy groups -OCH3 is 1. The first-order chi connectivity index (χ1) is 9.92. The van der Waals surface area contributed by atoms with Gasteiger partial charge in [0.05, 0.1) is 18.8 Å². The van der Waals surface area contributed by atoms with Crippen molar-refractivity contribution in [2.24, 2.45) is 0 Å². The van der Waals surface area contributed by atoms with Gasteiger partial charge in [-0.3, -0.25) is 4.79 Å². The number of hydrogen-bond donors (Lipinski definition) is 2. The fourth-order valence-electron chi connectivity index (χ4n) is 2.31. The first-order valence-electron chi connectivity index (χ1n) is 6.73. The molecule has 5 heteroatoms. The molecule has 0 aliphatic heterocycles. The molecule has 1 aromatic heterocycles. The van der Waals surface area contributed by atoms with Gasteiger partial charge in [-0.25, -0.2) is 0 Å². The summed E-state index contributed by atoms with van der Waals surface area (Å²) in [5.41, 5.74) is 7.73. The van der Waals surface area contributed by atoms with Gasteiger partial charge in [-0.2, -0.15) is 0 Å².